The Bertz CT molecular complexity index is 1200. The lowest BCUT2D eigenvalue weighted by Crippen LogP contribution is -2.58. The van der Waals surface area contributed by atoms with Gasteiger partial charge in [0.25, 0.3) is 5.91 Å². The average Bonchev–Trinajstić information content (AvgIpc) is 3.35. The van der Waals surface area contributed by atoms with E-state index in [1.54, 1.807) is 20.0 Å². The second kappa shape index (κ2) is 14.5. The number of rotatable bonds is 10. The molecule has 1 aromatic carbocycles. The Balaban J connectivity index is 1.68. The summed E-state index contributed by atoms with van der Waals surface area (Å²) in [7, 11) is 0. The molecule has 0 spiro atoms. The number of nitrogens with zero attached hydrogens (tertiary/aromatic N) is 1. The van der Waals surface area contributed by atoms with Crippen LogP contribution < -0.4 is 21.3 Å². The van der Waals surface area contributed by atoms with E-state index in [0.29, 0.717) is 11.4 Å². The van der Waals surface area contributed by atoms with Gasteiger partial charge in [-0.25, -0.2) is 9.78 Å². The quantitative estimate of drug-likeness (QED) is 0.317. The standard InChI is InChI=1S/C28H37N5O6S/c1-16(2)12-21(25(35)31-20-13-22-30-14-19(40-22)10-11-29-27(37)24(20)34)32-26(36)23(17(3)4)33-28(38)39-15-18-8-6-5-7-9-18/h5-9,14,16-17,20-21,23H,10-13,15H2,1-4H3,(H,29,37)(H,31,35)(H,32,36)(H,33,38). The maximum Gasteiger partial charge on any atom is 0.408 e. The van der Waals surface area contributed by atoms with Crippen molar-refractivity contribution in [3.8, 4) is 0 Å². The van der Waals surface area contributed by atoms with Crippen molar-refractivity contribution in [3.05, 3.63) is 52.0 Å². The minimum atomic E-state index is -1.14. The molecule has 216 valence electrons. The number of nitrogens with one attached hydrogen (secondary N) is 4. The molecule has 4 amide bonds. The number of benzene rings is 1. The number of Topliss-reactive ketones (excluding diaryl/α,β-unsaturated/α-hetero) is 1. The van der Waals surface area contributed by atoms with Gasteiger partial charge in [-0.1, -0.05) is 58.0 Å². The van der Waals surface area contributed by atoms with Crippen LogP contribution in [0.3, 0.4) is 0 Å². The second-order valence-corrected chi connectivity index (χ2v) is 11.7. The summed E-state index contributed by atoms with van der Waals surface area (Å²) in [6, 6.07) is 6.03. The number of amides is 4. The molecule has 3 unspecified atom stereocenters. The fourth-order valence-electron chi connectivity index (χ4n) is 4.15. The van der Waals surface area contributed by atoms with Crippen molar-refractivity contribution in [2.24, 2.45) is 11.8 Å². The fraction of sp³-hybridized carbons (Fsp3) is 0.500. The summed E-state index contributed by atoms with van der Waals surface area (Å²) >= 11 is 1.42. The van der Waals surface area contributed by atoms with Crippen molar-refractivity contribution < 1.29 is 28.7 Å². The molecule has 0 aliphatic carbocycles. The number of hydrogen-bond donors (Lipinski definition) is 4. The van der Waals surface area contributed by atoms with Crippen molar-refractivity contribution in [1.29, 1.82) is 0 Å². The molecule has 4 N–H and O–H groups in total. The zero-order valence-electron chi connectivity index (χ0n) is 23.2. The van der Waals surface area contributed by atoms with Crippen LogP contribution in [0.25, 0.3) is 0 Å². The summed E-state index contributed by atoms with van der Waals surface area (Å²) in [5.74, 6) is -3.01. The van der Waals surface area contributed by atoms with Gasteiger partial charge in [0.15, 0.2) is 0 Å². The molecule has 2 bridgehead atoms. The van der Waals surface area contributed by atoms with E-state index in [0.717, 1.165) is 10.4 Å². The largest absolute Gasteiger partial charge is 0.445 e. The maximum absolute atomic E-state index is 13.4. The zero-order chi connectivity index (χ0) is 29.2. The van der Waals surface area contributed by atoms with Gasteiger partial charge in [-0.3, -0.25) is 19.2 Å². The van der Waals surface area contributed by atoms with Crippen LogP contribution in [0.5, 0.6) is 0 Å². The lowest BCUT2D eigenvalue weighted by molar-refractivity contribution is -0.140. The van der Waals surface area contributed by atoms with Gasteiger partial charge in [0.2, 0.25) is 17.6 Å². The van der Waals surface area contributed by atoms with Crippen molar-refractivity contribution >= 4 is 40.9 Å². The van der Waals surface area contributed by atoms with E-state index >= 15 is 0 Å². The Morgan fingerprint density at radius 2 is 1.80 bits per heavy atom. The average molecular weight is 572 g/mol. The van der Waals surface area contributed by atoms with Crippen LogP contribution in [0.4, 0.5) is 4.79 Å². The monoisotopic (exact) mass is 571 g/mol. The van der Waals surface area contributed by atoms with Crippen LogP contribution >= 0.6 is 11.3 Å². The first-order valence-electron chi connectivity index (χ1n) is 13.4. The number of carbonyl (C=O) groups is 5. The molecule has 0 saturated carbocycles. The number of ether oxygens (including phenoxy) is 1. The molecular weight excluding hydrogens is 534 g/mol. The summed E-state index contributed by atoms with van der Waals surface area (Å²) in [5.41, 5.74) is 0.801. The zero-order valence-corrected chi connectivity index (χ0v) is 24.0. The highest BCUT2D eigenvalue weighted by Crippen LogP contribution is 2.17. The first-order chi connectivity index (χ1) is 19.0. The lowest BCUT2D eigenvalue weighted by atomic mass is 9.99. The van der Waals surface area contributed by atoms with Crippen LogP contribution in [-0.4, -0.2) is 59.3 Å². The third-order valence-corrected chi connectivity index (χ3v) is 7.35. The molecule has 12 heteroatoms. The third-order valence-electron chi connectivity index (χ3n) is 6.27. The minimum Gasteiger partial charge on any atom is -0.445 e. The number of alkyl carbamates (subject to hydrolysis) is 1. The maximum atomic E-state index is 13.4. The molecule has 11 nitrogen and oxygen atoms in total. The van der Waals surface area contributed by atoms with Gasteiger partial charge in [-0.2, -0.15) is 0 Å². The van der Waals surface area contributed by atoms with Gasteiger partial charge in [0, 0.05) is 30.5 Å². The normalized spacial score (nSPS) is 17.0. The molecule has 0 fully saturated rings. The van der Waals surface area contributed by atoms with Gasteiger partial charge in [-0.15, -0.1) is 11.3 Å². The Labute approximate surface area is 237 Å². The summed E-state index contributed by atoms with van der Waals surface area (Å²) in [4.78, 5) is 69.6. The summed E-state index contributed by atoms with van der Waals surface area (Å²) in [6.45, 7) is 7.64. The Kier molecular flexibility index (Phi) is 11.2. The van der Waals surface area contributed by atoms with Crippen LogP contribution in [-0.2, 0) is 43.4 Å². The van der Waals surface area contributed by atoms with E-state index in [1.807, 2.05) is 44.2 Å². The first kappa shape index (κ1) is 30.7. The Morgan fingerprint density at radius 3 is 2.48 bits per heavy atom. The van der Waals surface area contributed by atoms with E-state index in [1.165, 1.54) is 11.3 Å². The number of fused-ring (bicyclic) bond motifs is 2. The number of ketones is 1. The Morgan fingerprint density at radius 1 is 1.07 bits per heavy atom. The molecular formula is C28H37N5O6S. The highest BCUT2D eigenvalue weighted by molar-refractivity contribution is 7.11. The number of hydrogen-bond acceptors (Lipinski definition) is 8. The van der Waals surface area contributed by atoms with Gasteiger partial charge in [0.1, 0.15) is 24.7 Å². The number of carbonyl (C=O) groups excluding carboxylic acids is 5. The number of thiazole rings is 1. The molecule has 1 aliphatic rings. The molecule has 1 aliphatic heterocycles. The smallest absolute Gasteiger partial charge is 0.408 e. The number of aromatic nitrogens is 1. The van der Waals surface area contributed by atoms with Crippen LogP contribution in [0.1, 0.15) is 49.6 Å². The van der Waals surface area contributed by atoms with Crippen molar-refractivity contribution in [3.63, 3.8) is 0 Å². The molecule has 2 aromatic rings. The lowest BCUT2D eigenvalue weighted by Gasteiger charge is -2.27. The molecule has 3 atom stereocenters. The molecule has 0 saturated heterocycles. The van der Waals surface area contributed by atoms with Gasteiger partial charge >= 0.3 is 6.09 Å². The molecule has 3 rings (SSSR count). The summed E-state index contributed by atoms with van der Waals surface area (Å²) in [5, 5.41) is 11.2. The first-order valence-corrected chi connectivity index (χ1v) is 14.2. The SMILES string of the molecule is CC(C)CC(NC(=O)C(NC(=O)OCc1ccccc1)C(C)C)C(=O)NC1Cc2ncc(s2)CCNC(=O)C1=O. The predicted molar refractivity (Wildman–Crippen MR) is 149 cm³/mol. The van der Waals surface area contributed by atoms with Crippen LogP contribution in [0, 0.1) is 11.8 Å². The van der Waals surface area contributed by atoms with E-state index in [2.05, 4.69) is 26.3 Å². The van der Waals surface area contributed by atoms with Crippen LogP contribution in [0.2, 0.25) is 0 Å². The van der Waals surface area contributed by atoms with Crippen molar-refractivity contribution in [2.75, 3.05) is 6.54 Å². The minimum absolute atomic E-state index is 0.0157. The molecule has 1 aromatic heterocycles. The van der Waals surface area contributed by atoms with Crippen molar-refractivity contribution in [2.45, 2.75) is 71.7 Å². The Hall–Kier alpha value is -3.80. The highest BCUT2D eigenvalue weighted by atomic mass is 32.1. The van der Waals surface area contributed by atoms with E-state index < -0.39 is 47.7 Å². The van der Waals surface area contributed by atoms with E-state index in [9.17, 15) is 24.0 Å². The van der Waals surface area contributed by atoms with Gasteiger partial charge in [0.05, 0.1) is 5.01 Å². The molecule has 0 radical (unpaired) electrons. The van der Waals surface area contributed by atoms with Crippen molar-refractivity contribution in [1.82, 2.24) is 26.3 Å². The van der Waals surface area contributed by atoms with E-state index in [4.69, 9.17) is 4.74 Å². The third kappa shape index (κ3) is 9.15. The molecule has 40 heavy (non-hydrogen) atoms. The predicted octanol–water partition coefficient (Wildman–Crippen LogP) is 1.89. The van der Waals surface area contributed by atoms with E-state index in [-0.39, 0.29) is 37.8 Å². The van der Waals surface area contributed by atoms with Gasteiger partial charge in [-0.05, 0) is 23.8 Å². The molecule has 2 heterocycles. The fourth-order valence-corrected chi connectivity index (χ4v) is 5.12. The second-order valence-electron chi connectivity index (χ2n) is 10.5. The highest BCUT2D eigenvalue weighted by Gasteiger charge is 2.34. The van der Waals surface area contributed by atoms with Crippen LogP contribution in [0.15, 0.2) is 36.5 Å². The van der Waals surface area contributed by atoms with Gasteiger partial charge < -0.3 is 26.0 Å². The summed E-state index contributed by atoms with van der Waals surface area (Å²) < 4.78 is 5.26. The topological polar surface area (TPSA) is 156 Å². The summed E-state index contributed by atoms with van der Waals surface area (Å²) in [6.07, 6.45) is 1.85.